The molecule has 0 aliphatic carbocycles. The van der Waals surface area contributed by atoms with Crippen LogP contribution in [0.3, 0.4) is 0 Å². The molecule has 3 aromatic rings. The molecular formula is C33H36Cl2N3O11P. The summed E-state index contributed by atoms with van der Waals surface area (Å²) >= 11 is 11.8. The summed E-state index contributed by atoms with van der Waals surface area (Å²) in [5.74, 6) is -4.50. The number of carboxylic acids is 1. The number of carbonyl (C=O) groups is 5. The molecule has 17 heteroatoms. The maximum Gasteiger partial charge on any atom is 0.588 e. The summed E-state index contributed by atoms with van der Waals surface area (Å²) in [5, 5.41) is 17.3. The maximum atomic E-state index is 13.7. The van der Waals surface area contributed by atoms with Crippen molar-refractivity contribution >= 4 is 60.7 Å². The Labute approximate surface area is 298 Å². The minimum Gasteiger partial charge on any atom is -0.481 e. The number of carboxylic acid groups (broad SMARTS) is 1. The van der Waals surface area contributed by atoms with Crippen LogP contribution in [-0.4, -0.2) is 59.5 Å². The lowest BCUT2D eigenvalue weighted by atomic mass is 10.0. The van der Waals surface area contributed by atoms with Gasteiger partial charge in [-0.1, -0.05) is 67.4 Å². The van der Waals surface area contributed by atoms with E-state index in [1.54, 1.807) is 38.1 Å². The number of aliphatic carboxylic acids is 1. The van der Waals surface area contributed by atoms with Crippen molar-refractivity contribution in [2.75, 3.05) is 6.61 Å². The van der Waals surface area contributed by atoms with E-state index in [0.717, 1.165) is 5.56 Å². The topological polar surface area (TPSA) is 196 Å². The number of hydrogen-bond donors (Lipinski definition) is 4. The van der Waals surface area contributed by atoms with Gasteiger partial charge in [0.15, 0.2) is 5.78 Å². The molecule has 3 rings (SSSR count). The number of benzene rings is 3. The second kappa shape index (κ2) is 19.0. The van der Waals surface area contributed by atoms with Crippen molar-refractivity contribution in [2.24, 2.45) is 5.92 Å². The lowest BCUT2D eigenvalue weighted by molar-refractivity contribution is -0.141. The zero-order chi connectivity index (χ0) is 36.8. The average molecular weight is 753 g/mol. The fourth-order valence-corrected chi connectivity index (χ4v) is 5.52. The standard InChI is InChI=1S/C33H36Cl2N3O11P/c1-20(2)30(38-33(44)46-18-22-7-5-4-6-8-22)32(43)36-21(3)31(42)37-27(17-29(40)41)28(39)19-47-50(45,48-25-13-9-23(34)10-14-25)49-26-15-11-24(35)12-16-26/h4-16,20-21,27,30H,17-19H2,1-3H3,(H,36,43)(H,37,42)(H,38,44)(H,40,41)/t21-,27-,30-/m0/s1. The van der Waals surface area contributed by atoms with Gasteiger partial charge >= 0.3 is 19.9 Å². The van der Waals surface area contributed by atoms with Crippen molar-refractivity contribution in [3.63, 3.8) is 0 Å². The highest BCUT2D eigenvalue weighted by atomic mass is 35.5. The van der Waals surface area contributed by atoms with Gasteiger partial charge in [-0.15, -0.1) is 0 Å². The first-order valence-electron chi connectivity index (χ1n) is 15.1. The summed E-state index contributed by atoms with van der Waals surface area (Å²) in [7, 11) is -4.62. The largest absolute Gasteiger partial charge is 0.588 e. The second-order valence-electron chi connectivity index (χ2n) is 11.1. The predicted molar refractivity (Wildman–Crippen MR) is 183 cm³/mol. The number of phosphoric acid groups is 1. The number of ketones is 1. The van der Waals surface area contributed by atoms with E-state index in [4.69, 9.17) is 41.5 Å². The van der Waals surface area contributed by atoms with E-state index >= 15 is 0 Å². The smallest absolute Gasteiger partial charge is 0.481 e. The SMILES string of the molecule is CC(C)[C@H](NC(=O)OCc1ccccc1)C(=O)N[C@@H](C)C(=O)N[C@@H](CC(=O)O)C(=O)COP(=O)(Oc1ccc(Cl)cc1)Oc1ccc(Cl)cc1. The van der Waals surface area contributed by atoms with Crippen LogP contribution in [0.4, 0.5) is 4.79 Å². The van der Waals surface area contributed by atoms with E-state index in [0.29, 0.717) is 10.0 Å². The molecule has 3 aromatic carbocycles. The van der Waals surface area contributed by atoms with Crippen molar-refractivity contribution in [3.8, 4) is 11.5 Å². The minimum absolute atomic E-state index is 0.0118. The molecule has 0 saturated heterocycles. The number of Topliss-reactive ketones (excluding diaryl/α,β-unsaturated/α-hetero) is 1. The first-order valence-corrected chi connectivity index (χ1v) is 17.3. The monoisotopic (exact) mass is 751 g/mol. The fraction of sp³-hybridized carbons (Fsp3) is 0.303. The Morgan fingerprint density at radius 2 is 1.30 bits per heavy atom. The molecule has 0 aromatic heterocycles. The van der Waals surface area contributed by atoms with Gasteiger partial charge < -0.3 is 34.8 Å². The first-order chi connectivity index (χ1) is 23.6. The fourth-order valence-electron chi connectivity index (χ4n) is 4.08. The third kappa shape index (κ3) is 13.4. The van der Waals surface area contributed by atoms with Gasteiger partial charge in [-0.25, -0.2) is 9.36 Å². The van der Waals surface area contributed by atoms with Crippen LogP contribution in [0, 0.1) is 5.92 Å². The molecule has 0 fully saturated rings. The van der Waals surface area contributed by atoms with Gasteiger partial charge in [0.05, 0.1) is 6.42 Å². The second-order valence-corrected chi connectivity index (χ2v) is 13.5. The average Bonchev–Trinajstić information content (AvgIpc) is 3.07. The number of alkyl carbamates (subject to hydrolysis) is 1. The third-order valence-electron chi connectivity index (χ3n) is 6.70. The summed E-state index contributed by atoms with van der Waals surface area (Å²) in [6.45, 7) is 3.59. The maximum absolute atomic E-state index is 13.7. The summed E-state index contributed by atoms with van der Waals surface area (Å²) in [5.41, 5.74) is 0.736. The molecule has 50 heavy (non-hydrogen) atoms. The summed E-state index contributed by atoms with van der Waals surface area (Å²) in [4.78, 5) is 63.2. The highest BCUT2D eigenvalue weighted by molar-refractivity contribution is 7.49. The molecule has 0 saturated carbocycles. The Balaban J connectivity index is 1.64. The molecule has 0 bridgehead atoms. The van der Waals surface area contributed by atoms with Crippen LogP contribution in [0.1, 0.15) is 32.8 Å². The Morgan fingerprint density at radius 3 is 1.80 bits per heavy atom. The number of nitrogens with one attached hydrogen (secondary N) is 3. The van der Waals surface area contributed by atoms with E-state index in [-0.39, 0.29) is 18.1 Å². The third-order valence-corrected chi connectivity index (χ3v) is 8.52. The van der Waals surface area contributed by atoms with Crippen molar-refractivity contribution in [2.45, 2.75) is 51.9 Å². The Kier molecular flexibility index (Phi) is 15.1. The number of hydrogen-bond acceptors (Lipinski definition) is 10. The highest BCUT2D eigenvalue weighted by Gasteiger charge is 2.35. The number of rotatable bonds is 18. The number of carbonyl (C=O) groups excluding carboxylic acids is 4. The normalized spacial score (nSPS) is 12.9. The van der Waals surface area contributed by atoms with Gasteiger partial charge in [0.2, 0.25) is 11.8 Å². The van der Waals surface area contributed by atoms with Gasteiger partial charge in [0, 0.05) is 10.0 Å². The molecule has 0 aliphatic rings. The molecular weight excluding hydrogens is 716 g/mol. The Bertz CT molecular complexity index is 1620. The molecule has 3 amide bonds. The van der Waals surface area contributed by atoms with Gasteiger partial charge in [0.25, 0.3) is 0 Å². The van der Waals surface area contributed by atoms with E-state index in [9.17, 15) is 33.6 Å². The summed E-state index contributed by atoms with van der Waals surface area (Å²) in [6.07, 6.45) is -1.73. The summed E-state index contributed by atoms with van der Waals surface area (Å²) < 4.78 is 35.0. The molecule has 0 heterocycles. The lowest BCUT2D eigenvalue weighted by Gasteiger charge is -2.25. The van der Waals surface area contributed by atoms with Gasteiger partial charge in [-0.05, 0) is 66.9 Å². The van der Waals surface area contributed by atoms with Crippen LogP contribution in [0.15, 0.2) is 78.9 Å². The van der Waals surface area contributed by atoms with Crippen molar-refractivity contribution in [1.82, 2.24) is 16.0 Å². The molecule has 4 N–H and O–H groups in total. The number of phosphoric ester groups is 1. The first kappa shape index (κ1) is 39.8. The quantitative estimate of drug-likeness (QED) is 0.119. The zero-order valence-corrected chi connectivity index (χ0v) is 29.6. The zero-order valence-electron chi connectivity index (χ0n) is 27.2. The van der Waals surface area contributed by atoms with Gasteiger partial charge in [-0.3, -0.25) is 23.7 Å². The summed E-state index contributed by atoms with van der Waals surface area (Å²) in [6, 6.07) is 16.1. The van der Waals surface area contributed by atoms with Crippen LogP contribution >= 0.6 is 31.0 Å². The van der Waals surface area contributed by atoms with Crippen molar-refractivity contribution < 1.29 is 52.0 Å². The van der Waals surface area contributed by atoms with E-state index < -0.39 is 74.6 Å². The predicted octanol–water partition coefficient (Wildman–Crippen LogP) is 5.56. The minimum atomic E-state index is -4.62. The molecule has 0 unspecified atom stereocenters. The van der Waals surface area contributed by atoms with E-state index in [1.807, 2.05) is 6.07 Å². The highest BCUT2D eigenvalue weighted by Crippen LogP contribution is 2.49. The van der Waals surface area contributed by atoms with Crippen LogP contribution in [0.25, 0.3) is 0 Å². The van der Waals surface area contributed by atoms with Crippen LogP contribution in [0.5, 0.6) is 11.5 Å². The molecule has 268 valence electrons. The van der Waals surface area contributed by atoms with Crippen molar-refractivity contribution in [1.29, 1.82) is 0 Å². The molecule has 14 nitrogen and oxygen atoms in total. The number of amides is 3. The molecule has 3 atom stereocenters. The number of halogens is 2. The Morgan fingerprint density at radius 1 is 0.760 bits per heavy atom. The van der Waals surface area contributed by atoms with Crippen LogP contribution in [-0.2, 0) is 39.6 Å². The van der Waals surface area contributed by atoms with Crippen molar-refractivity contribution in [3.05, 3.63) is 94.5 Å². The van der Waals surface area contributed by atoms with Gasteiger partial charge in [-0.2, -0.15) is 0 Å². The number of ether oxygens (including phenoxy) is 1. The van der Waals surface area contributed by atoms with E-state index in [1.165, 1.54) is 55.5 Å². The Hall–Kier alpha value is -4.62. The van der Waals surface area contributed by atoms with Gasteiger partial charge in [0.1, 0.15) is 42.8 Å². The van der Waals surface area contributed by atoms with Crippen LogP contribution in [0.2, 0.25) is 10.0 Å². The molecule has 0 spiro atoms. The lowest BCUT2D eigenvalue weighted by Crippen LogP contribution is -2.56. The van der Waals surface area contributed by atoms with E-state index in [2.05, 4.69) is 16.0 Å². The molecule has 0 aliphatic heterocycles. The van der Waals surface area contributed by atoms with Crippen LogP contribution < -0.4 is 25.0 Å². The molecule has 0 radical (unpaired) electrons.